The van der Waals surface area contributed by atoms with Crippen molar-refractivity contribution in [2.75, 3.05) is 0 Å². The maximum absolute atomic E-state index is 14.2. The van der Waals surface area contributed by atoms with Crippen molar-refractivity contribution in [3.63, 3.8) is 0 Å². The van der Waals surface area contributed by atoms with Crippen LogP contribution in [0.15, 0.2) is 11.6 Å². The lowest BCUT2D eigenvalue weighted by molar-refractivity contribution is -0.215. The summed E-state index contributed by atoms with van der Waals surface area (Å²) in [6.45, 7) is 16.0. The fourth-order valence-corrected chi connectivity index (χ4v) is 10.7. The molecule has 0 spiro atoms. The molecule has 5 rings (SSSR count). The van der Waals surface area contributed by atoms with Gasteiger partial charge in [-0.1, -0.05) is 47.1 Å². The van der Waals surface area contributed by atoms with Crippen LogP contribution in [0.3, 0.4) is 0 Å². The smallest absolute Gasteiger partial charge is 0.312 e. The van der Waals surface area contributed by atoms with E-state index in [1.165, 1.54) is 24.8 Å². The number of aliphatic hydroxyl groups is 1. The number of rotatable bonds is 1. The number of allylic oxidation sites excluding steroid dienone is 2. The molecular weight excluding hydrogens is 424 g/mol. The molecule has 1 unspecified atom stereocenters. The number of carbonyl (C=O) groups is 2. The minimum Gasteiger partial charge on any atom is -0.481 e. The second kappa shape index (κ2) is 7.20. The van der Waals surface area contributed by atoms with E-state index in [1.807, 2.05) is 0 Å². The van der Waals surface area contributed by atoms with Crippen molar-refractivity contribution in [2.24, 2.45) is 56.7 Å². The molecule has 0 saturated heterocycles. The molecule has 4 nitrogen and oxygen atoms in total. The zero-order valence-electron chi connectivity index (χ0n) is 22.4. The number of carboxylic acid groups (broad SMARTS) is 1. The SMILES string of the molecule is C[C@H]1[C@H](C)CC[C@]2(C)CC[C@]3(C)C(=CC(=O)[C@@H]4C5(C)CC[C@@H](O)[C@](C)(C(=O)O)[C@@H]5CC[C@]43C)[C@H]12. The lowest BCUT2D eigenvalue weighted by atomic mass is 9.33. The Morgan fingerprint density at radius 2 is 1.62 bits per heavy atom. The van der Waals surface area contributed by atoms with Gasteiger partial charge in [0.05, 0.1) is 11.5 Å². The van der Waals surface area contributed by atoms with Crippen LogP contribution in [0.4, 0.5) is 0 Å². The third-order valence-electron chi connectivity index (χ3n) is 13.2. The highest BCUT2D eigenvalue weighted by Gasteiger charge is 2.71. The van der Waals surface area contributed by atoms with E-state index < -0.39 is 22.9 Å². The largest absolute Gasteiger partial charge is 0.481 e. The summed E-state index contributed by atoms with van der Waals surface area (Å²) in [4.78, 5) is 26.7. The summed E-state index contributed by atoms with van der Waals surface area (Å²) in [5, 5.41) is 21.1. The number of hydrogen-bond acceptors (Lipinski definition) is 3. The van der Waals surface area contributed by atoms with Crippen LogP contribution >= 0.6 is 0 Å². The number of aliphatic carboxylic acids is 1. The van der Waals surface area contributed by atoms with E-state index in [4.69, 9.17) is 0 Å². The van der Waals surface area contributed by atoms with Gasteiger partial charge in [0.15, 0.2) is 5.78 Å². The molecule has 4 fully saturated rings. The lowest BCUT2D eigenvalue weighted by Gasteiger charge is -2.70. The molecule has 0 aromatic heterocycles. The molecule has 4 heteroatoms. The highest BCUT2D eigenvalue weighted by atomic mass is 16.4. The van der Waals surface area contributed by atoms with Crippen LogP contribution in [0.5, 0.6) is 0 Å². The molecule has 5 aliphatic rings. The summed E-state index contributed by atoms with van der Waals surface area (Å²) in [5.74, 6) is 0.656. The Morgan fingerprint density at radius 1 is 0.941 bits per heavy atom. The second-order valence-electron chi connectivity index (χ2n) is 14.4. The van der Waals surface area contributed by atoms with Crippen molar-refractivity contribution >= 4 is 11.8 Å². The van der Waals surface area contributed by atoms with Crippen LogP contribution < -0.4 is 0 Å². The monoisotopic (exact) mass is 470 g/mol. The van der Waals surface area contributed by atoms with Crippen LogP contribution in [-0.2, 0) is 9.59 Å². The summed E-state index contributed by atoms with van der Waals surface area (Å²) in [7, 11) is 0. The van der Waals surface area contributed by atoms with E-state index in [1.54, 1.807) is 6.92 Å². The molecule has 0 bridgehead atoms. The van der Waals surface area contributed by atoms with Gasteiger partial charge < -0.3 is 10.2 Å². The molecule has 4 saturated carbocycles. The average molecular weight is 471 g/mol. The third-order valence-corrected chi connectivity index (χ3v) is 13.2. The number of hydrogen-bond donors (Lipinski definition) is 2. The fraction of sp³-hybridized carbons (Fsp3) is 0.867. The van der Waals surface area contributed by atoms with Crippen LogP contribution in [0.2, 0.25) is 0 Å². The first kappa shape index (κ1) is 24.5. The summed E-state index contributed by atoms with van der Waals surface area (Å²) < 4.78 is 0. The number of carboxylic acids is 1. The molecule has 0 amide bonds. The van der Waals surface area contributed by atoms with E-state index in [-0.39, 0.29) is 33.9 Å². The zero-order chi connectivity index (χ0) is 25.1. The standard InChI is InChI=1S/C30H46O4/c1-17-8-11-26(3)14-15-28(5)19(23(26)18(17)2)16-20(31)24-27(4)12-10-22(32)30(7,25(33)34)21(27)9-13-29(24,28)6/h16-18,21-24,32H,8-15H2,1-7H3,(H,33,34)/t17-,18+,21-,22-,23+,24-,26-,27?,28-,29-,30-/m1/s1. The molecule has 11 atom stereocenters. The van der Waals surface area contributed by atoms with Gasteiger partial charge in [-0.05, 0) is 110 Å². The van der Waals surface area contributed by atoms with E-state index >= 15 is 0 Å². The molecule has 0 aliphatic heterocycles. The predicted octanol–water partition coefficient (Wildman–Crippen LogP) is 6.27. The average Bonchev–Trinajstić information content (AvgIpc) is 2.75. The maximum Gasteiger partial charge on any atom is 0.312 e. The number of fused-ring (bicyclic) bond motifs is 7. The molecule has 190 valence electrons. The van der Waals surface area contributed by atoms with Crippen LogP contribution in [0, 0.1) is 56.7 Å². The van der Waals surface area contributed by atoms with E-state index in [9.17, 15) is 19.8 Å². The summed E-state index contributed by atoms with van der Waals surface area (Å²) in [5.41, 5.74) is -0.124. The quantitative estimate of drug-likeness (QED) is 0.474. The number of carbonyl (C=O) groups excluding carboxylic acids is 1. The Labute approximate surface area is 206 Å². The molecule has 34 heavy (non-hydrogen) atoms. The molecular formula is C30H46O4. The first-order valence-corrected chi connectivity index (χ1v) is 13.8. The van der Waals surface area contributed by atoms with Crippen LogP contribution in [0.1, 0.15) is 99.8 Å². The van der Waals surface area contributed by atoms with Gasteiger partial charge in [-0.2, -0.15) is 0 Å². The number of ketones is 1. The Balaban J connectivity index is 1.65. The van der Waals surface area contributed by atoms with Crippen molar-refractivity contribution in [1.82, 2.24) is 0 Å². The fourth-order valence-electron chi connectivity index (χ4n) is 10.7. The van der Waals surface area contributed by atoms with E-state index in [0.29, 0.717) is 24.2 Å². The van der Waals surface area contributed by atoms with Crippen LogP contribution in [0.25, 0.3) is 0 Å². The summed E-state index contributed by atoms with van der Waals surface area (Å²) in [6.07, 6.45) is 8.89. The van der Waals surface area contributed by atoms with Gasteiger partial charge in [-0.3, -0.25) is 9.59 Å². The third kappa shape index (κ3) is 2.70. The molecule has 0 aromatic carbocycles. The minimum absolute atomic E-state index is 0.0370. The zero-order valence-corrected chi connectivity index (χ0v) is 22.4. The normalized spacial score (nSPS) is 56.9. The van der Waals surface area contributed by atoms with Crippen LogP contribution in [-0.4, -0.2) is 28.1 Å². The topological polar surface area (TPSA) is 74.6 Å². The van der Waals surface area contributed by atoms with Gasteiger partial charge >= 0.3 is 5.97 Å². The highest BCUT2D eigenvalue weighted by Crippen LogP contribution is 2.75. The maximum atomic E-state index is 14.2. The highest BCUT2D eigenvalue weighted by molar-refractivity contribution is 5.96. The summed E-state index contributed by atoms with van der Waals surface area (Å²) in [6, 6.07) is 0. The van der Waals surface area contributed by atoms with Gasteiger partial charge in [-0.15, -0.1) is 0 Å². The van der Waals surface area contributed by atoms with E-state index in [0.717, 1.165) is 25.7 Å². The number of aliphatic hydroxyl groups excluding tert-OH is 1. The second-order valence-corrected chi connectivity index (χ2v) is 14.4. The first-order chi connectivity index (χ1) is 15.7. The van der Waals surface area contributed by atoms with Crippen molar-refractivity contribution in [3.05, 3.63) is 11.6 Å². The van der Waals surface area contributed by atoms with Crippen molar-refractivity contribution < 1.29 is 19.8 Å². The van der Waals surface area contributed by atoms with Gasteiger partial charge in [0.1, 0.15) is 0 Å². The summed E-state index contributed by atoms with van der Waals surface area (Å²) >= 11 is 0. The molecule has 0 aromatic rings. The van der Waals surface area contributed by atoms with Gasteiger partial charge in [0.25, 0.3) is 0 Å². The van der Waals surface area contributed by atoms with Crippen molar-refractivity contribution in [1.29, 1.82) is 0 Å². The van der Waals surface area contributed by atoms with Gasteiger partial charge in [0.2, 0.25) is 0 Å². The molecule has 0 radical (unpaired) electrons. The van der Waals surface area contributed by atoms with E-state index in [2.05, 4.69) is 47.6 Å². The molecule has 5 aliphatic carbocycles. The van der Waals surface area contributed by atoms with Crippen molar-refractivity contribution in [3.8, 4) is 0 Å². The lowest BCUT2D eigenvalue weighted by Crippen LogP contribution is -2.68. The molecule has 0 heterocycles. The van der Waals surface area contributed by atoms with Crippen molar-refractivity contribution in [2.45, 2.75) is 106 Å². The Bertz CT molecular complexity index is 953. The minimum atomic E-state index is -1.20. The first-order valence-electron chi connectivity index (χ1n) is 13.8. The Hall–Kier alpha value is -1.16. The van der Waals surface area contributed by atoms with Gasteiger partial charge in [0, 0.05) is 5.92 Å². The predicted molar refractivity (Wildman–Crippen MR) is 133 cm³/mol. The Morgan fingerprint density at radius 3 is 2.26 bits per heavy atom. The Kier molecular flexibility index (Phi) is 5.20. The molecule has 2 N–H and O–H groups in total. The van der Waals surface area contributed by atoms with Gasteiger partial charge in [-0.25, -0.2) is 0 Å².